The van der Waals surface area contributed by atoms with Crippen LogP contribution in [0.15, 0.2) is 24.3 Å². The normalized spacial score (nSPS) is 21.6. The maximum absolute atomic E-state index is 9.46. The zero-order valence-electron chi connectivity index (χ0n) is 12.3. The van der Waals surface area contributed by atoms with E-state index in [2.05, 4.69) is 34.5 Å². The van der Waals surface area contributed by atoms with Crippen LogP contribution in [0.2, 0.25) is 0 Å². The van der Waals surface area contributed by atoms with E-state index in [0.29, 0.717) is 0 Å². The van der Waals surface area contributed by atoms with Crippen molar-refractivity contribution in [2.24, 2.45) is 0 Å². The molecule has 1 saturated carbocycles. The van der Waals surface area contributed by atoms with E-state index in [9.17, 15) is 5.11 Å². The van der Waals surface area contributed by atoms with Crippen molar-refractivity contribution in [3.8, 4) is 0 Å². The maximum atomic E-state index is 9.46. The fourth-order valence-corrected chi connectivity index (χ4v) is 3.26. The molecule has 0 atom stereocenters. The second-order valence-electron chi connectivity index (χ2n) is 6.36. The summed E-state index contributed by atoms with van der Waals surface area (Å²) in [7, 11) is 0. The number of benzene rings is 1. The minimum Gasteiger partial charge on any atom is -0.394 e. The lowest BCUT2D eigenvalue weighted by Crippen LogP contribution is -2.53. The van der Waals surface area contributed by atoms with Crippen molar-refractivity contribution >= 4 is 5.69 Å². The molecule has 1 aromatic rings. The molecule has 0 unspecified atom stereocenters. The first-order chi connectivity index (χ1) is 9.81. The predicted molar refractivity (Wildman–Crippen MR) is 83.0 cm³/mol. The van der Waals surface area contributed by atoms with Gasteiger partial charge in [0.25, 0.3) is 0 Å². The van der Waals surface area contributed by atoms with Crippen LogP contribution in [0.5, 0.6) is 0 Å². The molecule has 1 aliphatic heterocycles. The molecule has 110 valence electrons. The third-order valence-electron chi connectivity index (χ3n) is 4.94. The number of aliphatic hydroxyl groups is 1. The molecule has 20 heavy (non-hydrogen) atoms. The van der Waals surface area contributed by atoms with Gasteiger partial charge in [-0.25, -0.2) is 0 Å². The number of piperidine rings is 1. The third kappa shape index (κ3) is 2.99. The van der Waals surface area contributed by atoms with Crippen LogP contribution >= 0.6 is 0 Å². The molecule has 3 nitrogen and oxygen atoms in total. The number of hydrogen-bond acceptors (Lipinski definition) is 3. The van der Waals surface area contributed by atoms with E-state index in [-0.39, 0.29) is 12.1 Å². The molecule has 1 heterocycles. The Bertz CT molecular complexity index is 414. The van der Waals surface area contributed by atoms with Crippen molar-refractivity contribution in [1.29, 1.82) is 0 Å². The van der Waals surface area contributed by atoms with Crippen LogP contribution in [-0.2, 0) is 6.54 Å². The fraction of sp³-hybridized carbons (Fsp3) is 0.647. The van der Waals surface area contributed by atoms with Crippen molar-refractivity contribution in [1.82, 2.24) is 5.32 Å². The Morgan fingerprint density at radius 2 is 1.70 bits per heavy atom. The zero-order chi connectivity index (χ0) is 13.8. The van der Waals surface area contributed by atoms with Gasteiger partial charge in [0.15, 0.2) is 0 Å². The molecule has 0 bridgehead atoms. The highest BCUT2D eigenvalue weighted by Gasteiger charge is 2.35. The van der Waals surface area contributed by atoms with Crippen LogP contribution in [0, 0.1) is 0 Å². The highest BCUT2D eigenvalue weighted by molar-refractivity contribution is 5.47. The van der Waals surface area contributed by atoms with E-state index in [1.54, 1.807) is 0 Å². The number of hydrogen-bond donors (Lipinski definition) is 2. The summed E-state index contributed by atoms with van der Waals surface area (Å²) in [6.45, 7) is 3.52. The molecular formula is C17H26N2O. The Morgan fingerprint density at radius 1 is 1.00 bits per heavy atom. The molecule has 2 fully saturated rings. The van der Waals surface area contributed by atoms with Crippen LogP contribution in [0.3, 0.4) is 0 Å². The third-order valence-corrected chi connectivity index (χ3v) is 4.94. The van der Waals surface area contributed by atoms with Crippen LogP contribution < -0.4 is 10.2 Å². The first kappa shape index (κ1) is 13.9. The molecule has 0 aromatic heterocycles. The van der Waals surface area contributed by atoms with Gasteiger partial charge in [-0.2, -0.15) is 0 Å². The highest BCUT2D eigenvalue weighted by atomic mass is 16.3. The zero-order valence-corrected chi connectivity index (χ0v) is 12.3. The van der Waals surface area contributed by atoms with E-state index in [1.165, 1.54) is 50.0 Å². The smallest absolute Gasteiger partial charge is 0.0613 e. The largest absolute Gasteiger partial charge is 0.394 e. The Balaban J connectivity index is 1.55. The van der Waals surface area contributed by atoms with Crippen molar-refractivity contribution in [2.75, 3.05) is 24.6 Å². The lowest BCUT2D eigenvalue weighted by atomic mass is 9.77. The fourth-order valence-electron chi connectivity index (χ4n) is 3.26. The second kappa shape index (κ2) is 6.15. The second-order valence-corrected chi connectivity index (χ2v) is 6.36. The molecular weight excluding hydrogens is 248 g/mol. The molecule has 3 rings (SSSR count). The van der Waals surface area contributed by atoms with E-state index in [4.69, 9.17) is 0 Å². The van der Waals surface area contributed by atoms with Gasteiger partial charge in [-0.15, -0.1) is 0 Å². The quantitative estimate of drug-likeness (QED) is 0.866. The number of nitrogens with zero attached hydrogens (tertiary/aromatic N) is 1. The summed E-state index contributed by atoms with van der Waals surface area (Å²) in [5, 5.41) is 13.0. The Kier molecular flexibility index (Phi) is 4.27. The average molecular weight is 274 g/mol. The number of rotatable bonds is 5. The monoisotopic (exact) mass is 274 g/mol. The molecule has 0 spiro atoms. The highest BCUT2D eigenvalue weighted by Crippen LogP contribution is 2.31. The van der Waals surface area contributed by atoms with Gasteiger partial charge in [-0.05, 0) is 56.2 Å². The van der Waals surface area contributed by atoms with Gasteiger partial charge in [0, 0.05) is 30.9 Å². The average Bonchev–Trinajstić information content (AvgIpc) is 2.48. The predicted octanol–water partition coefficient (Wildman–Crippen LogP) is 2.68. The Labute approximate surface area is 122 Å². The minimum absolute atomic E-state index is 0.00550. The summed E-state index contributed by atoms with van der Waals surface area (Å²) in [6.07, 6.45) is 7.47. The lowest BCUT2D eigenvalue weighted by Gasteiger charge is -2.41. The summed E-state index contributed by atoms with van der Waals surface area (Å²) in [5.74, 6) is 0. The Hall–Kier alpha value is -1.06. The van der Waals surface area contributed by atoms with Crippen molar-refractivity contribution in [3.63, 3.8) is 0 Å². The summed E-state index contributed by atoms with van der Waals surface area (Å²) >= 11 is 0. The SMILES string of the molecule is OCC1(NCc2ccc(N3CCCCC3)cc2)CCC1. The molecule has 0 amide bonds. The van der Waals surface area contributed by atoms with Gasteiger partial charge >= 0.3 is 0 Å². The topological polar surface area (TPSA) is 35.5 Å². The molecule has 3 heteroatoms. The molecule has 1 aromatic carbocycles. The standard InChI is InChI=1S/C17H26N2O/c20-14-17(9-4-10-17)18-13-15-5-7-16(8-6-15)19-11-2-1-3-12-19/h5-8,18,20H,1-4,9-14H2. The van der Waals surface area contributed by atoms with Gasteiger partial charge in [0.1, 0.15) is 0 Å². The van der Waals surface area contributed by atoms with Crippen molar-refractivity contribution < 1.29 is 5.11 Å². The number of aliphatic hydroxyl groups excluding tert-OH is 1. The van der Waals surface area contributed by atoms with Crippen LogP contribution in [0.4, 0.5) is 5.69 Å². The van der Waals surface area contributed by atoms with E-state index in [1.807, 2.05) is 0 Å². The van der Waals surface area contributed by atoms with Crippen LogP contribution in [0.25, 0.3) is 0 Å². The molecule has 2 N–H and O–H groups in total. The molecule has 1 saturated heterocycles. The van der Waals surface area contributed by atoms with Gasteiger partial charge in [-0.3, -0.25) is 0 Å². The molecule has 2 aliphatic rings. The van der Waals surface area contributed by atoms with E-state index >= 15 is 0 Å². The summed E-state index contributed by atoms with van der Waals surface area (Å²) < 4.78 is 0. The van der Waals surface area contributed by atoms with Gasteiger partial charge in [0.2, 0.25) is 0 Å². The van der Waals surface area contributed by atoms with E-state index < -0.39 is 0 Å². The van der Waals surface area contributed by atoms with Crippen molar-refractivity contribution in [3.05, 3.63) is 29.8 Å². The van der Waals surface area contributed by atoms with Crippen LogP contribution in [0.1, 0.15) is 44.1 Å². The first-order valence-corrected chi connectivity index (χ1v) is 8.01. The summed E-state index contributed by atoms with van der Waals surface area (Å²) in [4.78, 5) is 2.49. The maximum Gasteiger partial charge on any atom is 0.0613 e. The number of anilines is 1. The first-order valence-electron chi connectivity index (χ1n) is 8.01. The summed E-state index contributed by atoms with van der Waals surface area (Å²) in [6, 6.07) is 8.94. The van der Waals surface area contributed by atoms with Gasteiger partial charge in [0.05, 0.1) is 6.61 Å². The van der Waals surface area contributed by atoms with Gasteiger partial charge in [-0.1, -0.05) is 12.1 Å². The van der Waals surface area contributed by atoms with Gasteiger partial charge < -0.3 is 15.3 Å². The lowest BCUT2D eigenvalue weighted by molar-refractivity contribution is 0.0872. The summed E-state index contributed by atoms with van der Waals surface area (Å²) in [5.41, 5.74) is 2.67. The van der Waals surface area contributed by atoms with E-state index in [0.717, 1.165) is 19.4 Å². The minimum atomic E-state index is 0.00550. The molecule has 0 radical (unpaired) electrons. The van der Waals surface area contributed by atoms with Crippen LogP contribution in [-0.4, -0.2) is 30.3 Å². The Morgan fingerprint density at radius 3 is 2.25 bits per heavy atom. The number of nitrogens with one attached hydrogen (secondary N) is 1. The molecule has 1 aliphatic carbocycles. The van der Waals surface area contributed by atoms with Crippen molar-refractivity contribution in [2.45, 2.75) is 50.6 Å².